The van der Waals surface area contributed by atoms with Crippen LogP contribution in [-0.4, -0.2) is 17.8 Å². The van der Waals surface area contributed by atoms with Crippen molar-refractivity contribution in [3.63, 3.8) is 0 Å². The van der Waals surface area contributed by atoms with E-state index in [-0.39, 0.29) is 11.5 Å². The number of carbonyl (C=O) groups excluding carboxylic acids is 1. The number of carbonyl (C=O) groups is 1. The predicted molar refractivity (Wildman–Crippen MR) is 77.3 cm³/mol. The van der Waals surface area contributed by atoms with Crippen molar-refractivity contribution in [3.05, 3.63) is 69.8 Å². The maximum Gasteiger partial charge on any atom is 0.269 e. The molecule has 0 amide bonds. The third kappa shape index (κ3) is 3.67. The predicted octanol–water partition coefficient (Wildman–Crippen LogP) is 2.84. The van der Waals surface area contributed by atoms with E-state index in [4.69, 9.17) is 4.74 Å². The summed E-state index contributed by atoms with van der Waals surface area (Å²) >= 11 is 0. The molecule has 0 unspecified atom stereocenters. The second-order valence-electron chi connectivity index (χ2n) is 4.11. The molecule has 0 heterocycles. The van der Waals surface area contributed by atoms with Crippen molar-refractivity contribution in [1.82, 2.24) is 0 Å². The van der Waals surface area contributed by atoms with E-state index in [2.05, 4.69) is 11.8 Å². The standard InChI is InChI=1S/C16H11NO4/c1-21-15-9-2-12(3-10-15)4-11-16(18)13-5-7-14(8-6-13)17(19)20/h2-3,5-10H,1H3. The fourth-order valence-electron chi connectivity index (χ4n) is 1.61. The number of hydrogen-bond donors (Lipinski definition) is 0. The number of hydrogen-bond acceptors (Lipinski definition) is 4. The summed E-state index contributed by atoms with van der Waals surface area (Å²) in [6.07, 6.45) is 0. The van der Waals surface area contributed by atoms with Gasteiger partial charge >= 0.3 is 0 Å². The Balaban J connectivity index is 2.13. The smallest absolute Gasteiger partial charge is 0.269 e. The minimum Gasteiger partial charge on any atom is -0.497 e. The second-order valence-corrected chi connectivity index (χ2v) is 4.11. The minimum atomic E-state index is -0.517. The first-order valence-corrected chi connectivity index (χ1v) is 6.05. The van der Waals surface area contributed by atoms with E-state index < -0.39 is 4.92 Å². The molecule has 0 saturated carbocycles. The number of rotatable bonds is 3. The van der Waals surface area contributed by atoms with E-state index in [9.17, 15) is 14.9 Å². The number of nitrogens with zero attached hydrogens (tertiary/aromatic N) is 1. The normalized spacial score (nSPS) is 9.38. The van der Waals surface area contributed by atoms with Gasteiger partial charge in [-0.3, -0.25) is 14.9 Å². The van der Waals surface area contributed by atoms with E-state index in [1.165, 1.54) is 24.3 Å². The van der Waals surface area contributed by atoms with Gasteiger partial charge in [-0.1, -0.05) is 5.92 Å². The molecule has 2 rings (SSSR count). The first-order valence-electron chi connectivity index (χ1n) is 6.05. The zero-order chi connectivity index (χ0) is 15.2. The molecule has 2 aromatic rings. The molecule has 21 heavy (non-hydrogen) atoms. The maximum atomic E-state index is 11.9. The Bertz CT molecular complexity index is 722. The van der Waals surface area contributed by atoms with Gasteiger partial charge in [0, 0.05) is 23.3 Å². The highest BCUT2D eigenvalue weighted by molar-refractivity contribution is 6.09. The molecule has 0 aliphatic heterocycles. The molecule has 5 heteroatoms. The van der Waals surface area contributed by atoms with Crippen LogP contribution in [0.5, 0.6) is 5.75 Å². The topological polar surface area (TPSA) is 69.4 Å². The van der Waals surface area contributed by atoms with Gasteiger partial charge in [-0.2, -0.15) is 0 Å². The largest absolute Gasteiger partial charge is 0.497 e. The number of Topliss-reactive ketones (excluding diaryl/α,β-unsaturated/α-hetero) is 1. The van der Waals surface area contributed by atoms with E-state index in [0.29, 0.717) is 16.9 Å². The SMILES string of the molecule is COc1ccc(C#CC(=O)c2ccc([N+](=O)[O-])cc2)cc1. The van der Waals surface area contributed by atoms with E-state index in [1.54, 1.807) is 31.4 Å². The summed E-state index contributed by atoms with van der Waals surface area (Å²) in [6.45, 7) is 0. The van der Waals surface area contributed by atoms with Gasteiger partial charge < -0.3 is 4.74 Å². The number of methoxy groups -OCH3 is 1. The summed E-state index contributed by atoms with van der Waals surface area (Å²) in [5.41, 5.74) is 0.947. The average Bonchev–Trinajstić information content (AvgIpc) is 2.53. The highest BCUT2D eigenvalue weighted by atomic mass is 16.6. The van der Waals surface area contributed by atoms with E-state index in [1.807, 2.05) is 0 Å². The quantitative estimate of drug-likeness (QED) is 0.375. The Morgan fingerprint density at radius 3 is 2.24 bits per heavy atom. The van der Waals surface area contributed by atoms with Crippen LogP contribution in [0.25, 0.3) is 0 Å². The van der Waals surface area contributed by atoms with Crippen LogP contribution in [-0.2, 0) is 0 Å². The Kier molecular flexibility index (Phi) is 4.32. The monoisotopic (exact) mass is 281 g/mol. The summed E-state index contributed by atoms with van der Waals surface area (Å²) < 4.78 is 5.02. The number of ether oxygens (including phenoxy) is 1. The summed E-state index contributed by atoms with van der Waals surface area (Å²) in [6, 6.07) is 12.3. The second kappa shape index (κ2) is 6.35. The third-order valence-corrected chi connectivity index (χ3v) is 2.75. The number of nitro benzene ring substituents is 1. The molecule has 104 valence electrons. The fourth-order valence-corrected chi connectivity index (χ4v) is 1.61. The van der Waals surface area contributed by atoms with Gasteiger partial charge in [-0.15, -0.1) is 0 Å². The van der Waals surface area contributed by atoms with Crippen molar-refractivity contribution in [2.75, 3.05) is 7.11 Å². The molecule has 0 fully saturated rings. The molecule has 0 atom stereocenters. The lowest BCUT2D eigenvalue weighted by Gasteiger charge is -1.97. The number of nitro groups is 1. The molecule has 0 aliphatic carbocycles. The van der Waals surface area contributed by atoms with Crippen LogP contribution in [0.3, 0.4) is 0 Å². The fraction of sp³-hybridized carbons (Fsp3) is 0.0625. The zero-order valence-corrected chi connectivity index (χ0v) is 11.2. The van der Waals surface area contributed by atoms with Gasteiger partial charge in [-0.05, 0) is 42.3 Å². The lowest BCUT2D eigenvalue weighted by atomic mass is 10.1. The highest BCUT2D eigenvalue weighted by Gasteiger charge is 2.07. The highest BCUT2D eigenvalue weighted by Crippen LogP contribution is 2.13. The zero-order valence-electron chi connectivity index (χ0n) is 11.2. The Labute approximate surface area is 121 Å². The first-order chi connectivity index (χ1) is 10.1. The lowest BCUT2D eigenvalue weighted by Crippen LogP contribution is -1.96. The Morgan fingerprint density at radius 1 is 1.10 bits per heavy atom. The Hall–Kier alpha value is -3.13. The molecular formula is C16H11NO4. The van der Waals surface area contributed by atoms with Crippen LogP contribution >= 0.6 is 0 Å². The van der Waals surface area contributed by atoms with Crippen molar-refractivity contribution in [2.24, 2.45) is 0 Å². The molecular weight excluding hydrogens is 270 g/mol. The summed E-state index contributed by atoms with van der Waals surface area (Å²) in [4.78, 5) is 21.9. The van der Waals surface area contributed by atoms with E-state index >= 15 is 0 Å². The van der Waals surface area contributed by atoms with Crippen LogP contribution < -0.4 is 4.74 Å². The molecule has 0 radical (unpaired) electrons. The first kappa shape index (κ1) is 14.3. The van der Waals surface area contributed by atoms with Crippen LogP contribution in [0.1, 0.15) is 15.9 Å². The third-order valence-electron chi connectivity index (χ3n) is 2.75. The van der Waals surface area contributed by atoms with E-state index in [0.717, 1.165) is 0 Å². The van der Waals surface area contributed by atoms with Crippen LogP contribution in [0.4, 0.5) is 5.69 Å². The summed E-state index contributed by atoms with van der Waals surface area (Å²) in [7, 11) is 1.57. The molecule has 0 aromatic heterocycles. The Morgan fingerprint density at radius 2 is 1.71 bits per heavy atom. The van der Waals surface area contributed by atoms with Crippen LogP contribution in [0.15, 0.2) is 48.5 Å². The molecule has 0 aliphatic rings. The number of non-ortho nitro benzene ring substituents is 1. The molecule has 2 aromatic carbocycles. The van der Waals surface area contributed by atoms with Crippen molar-refractivity contribution in [3.8, 4) is 17.6 Å². The van der Waals surface area contributed by atoms with Gasteiger partial charge in [-0.25, -0.2) is 0 Å². The van der Waals surface area contributed by atoms with Crippen molar-refractivity contribution in [2.45, 2.75) is 0 Å². The van der Waals surface area contributed by atoms with Crippen LogP contribution in [0.2, 0.25) is 0 Å². The molecule has 5 nitrogen and oxygen atoms in total. The van der Waals surface area contributed by atoms with Gasteiger partial charge in [0.05, 0.1) is 12.0 Å². The number of benzene rings is 2. The lowest BCUT2D eigenvalue weighted by molar-refractivity contribution is -0.384. The van der Waals surface area contributed by atoms with Gasteiger partial charge in [0.25, 0.3) is 5.69 Å². The summed E-state index contributed by atoms with van der Waals surface area (Å²) in [5, 5.41) is 10.5. The van der Waals surface area contributed by atoms with Gasteiger partial charge in [0.1, 0.15) is 5.75 Å². The maximum absolute atomic E-state index is 11.9. The molecule has 0 N–H and O–H groups in total. The van der Waals surface area contributed by atoms with Crippen molar-refractivity contribution >= 4 is 11.5 Å². The van der Waals surface area contributed by atoms with Gasteiger partial charge in [0.15, 0.2) is 0 Å². The van der Waals surface area contributed by atoms with Crippen molar-refractivity contribution in [1.29, 1.82) is 0 Å². The average molecular weight is 281 g/mol. The van der Waals surface area contributed by atoms with Crippen molar-refractivity contribution < 1.29 is 14.5 Å². The van der Waals surface area contributed by atoms with Gasteiger partial charge in [0.2, 0.25) is 5.78 Å². The molecule has 0 spiro atoms. The minimum absolute atomic E-state index is 0.0605. The summed E-state index contributed by atoms with van der Waals surface area (Å²) in [5.74, 6) is 5.57. The molecule has 0 bridgehead atoms. The number of ketones is 1. The van der Waals surface area contributed by atoms with Crippen LogP contribution in [0, 0.1) is 22.0 Å². The molecule has 0 saturated heterocycles.